The molecule has 4 heteroatoms. The zero-order chi connectivity index (χ0) is 13.8. The summed E-state index contributed by atoms with van der Waals surface area (Å²) in [4.78, 5) is 11.5. The summed E-state index contributed by atoms with van der Waals surface area (Å²) in [6.07, 6.45) is 1.72. The molecule has 0 saturated heterocycles. The summed E-state index contributed by atoms with van der Waals surface area (Å²) in [6.45, 7) is 0. The number of carbonyl (C=O) groups excluding carboxylic acids is 1. The van der Waals surface area contributed by atoms with Crippen molar-refractivity contribution in [3.05, 3.63) is 69.7 Å². The molecule has 0 amide bonds. The van der Waals surface area contributed by atoms with E-state index in [1.54, 1.807) is 42.5 Å². The lowest BCUT2D eigenvalue weighted by Gasteiger charge is -2.03. The van der Waals surface area contributed by atoms with Crippen LogP contribution in [0.1, 0.15) is 11.1 Å². The Morgan fingerprint density at radius 1 is 0.842 bits per heavy atom. The van der Waals surface area contributed by atoms with E-state index in [0.29, 0.717) is 15.6 Å². The van der Waals surface area contributed by atoms with Gasteiger partial charge in [0, 0.05) is 15.6 Å². The Morgan fingerprint density at radius 2 is 1.32 bits per heavy atom. The molecule has 0 aromatic heterocycles. The molecule has 0 N–H and O–H groups in total. The van der Waals surface area contributed by atoms with Crippen LogP contribution in [0, 0.1) is 0 Å². The highest BCUT2D eigenvalue weighted by atomic mass is 35.5. The second-order valence-electron chi connectivity index (χ2n) is 3.89. The average Bonchev–Trinajstić information content (AvgIpc) is 2.39. The molecule has 0 radical (unpaired) electrons. The molecule has 2 aromatic rings. The number of hydrogen-bond acceptors (Lipinski definition) is 1. The molecular formula is C15H9Cl3O. The van der Waals surface area contributed by atoms with Crippen molar-refractivity contribution in [2.45, 2.75) is 0 Å². The fourth-order valence-electron chi connectivity index (χ4n) is 1.61. The van der Waals surface area contributed by atoms with Crippen LogP contribution >= 0.6 is 34.8 Å². The lowest BCUT2D eigenvalue weighted by atomic mass is 10.0. The molecule has 1 nitrogen and oxygen atoms in total. The van der Waals surface area contributed by atoms with Gasteiger partial charge in [-0.25, -0.2) is 0 Å². The van der Waals surface area contributed by atoms with Crippen molar-refractivity contribution in [3.8, 4) is 0 Å². The Balaban J connectivity index is 2.43. The molecule has 0 atom stereocenters. The molecule has 19 heavy (non-hydrogen) atoms. The summed E-state index contributed by atoms with van der Waals surface area (Å²) < 4.78 is 0. The van der Waals surface area contributed by atoms with E-state index < -0.39 is 5.24 Å². The Hall–Kier alpha value is -1.28. The lowest BCUT2D eigenvalue weighted by Crippen LogP contribution is -1.93. The average molecular weight is 312 g/mol. The topological polar surface area (TPSA) is 17.1 Å². The van der Waals surface area contributed by atoms with Crippen LogP contribution in [0.5, 0.6) is 0 Å². The summed E-state index contributed by atoms with van der Waals surface area (Å²) >= 11 is 17.3. The summed E-state index contributed by atoms with van der Waals surface area (Å²) in [7, 11) is 0. The van der Waals surface area contributed by atoms with Gasteiger partial charge in [-0.1, -0.05) is 47.5 Å². The quantitative estimate of drug-likeness (QED) is 0.427. The Bertz CT molecular complexity index is 613. The molecule has 0 heterocycles. The first-order valence-corrected chi connectivity index (χ1v) is 6.63. The standard InChI is InChI=1S/C15H9Cl3O/c16-12-5-1-10(2-6-12)9-14(15(18)19)11-3-7-13(17)8-4-11/h1-9H. The third kappa shape index (κ3) is 3.84. The summed E-state index contributed by atoms with van der Waals surface area (Å²) in [5.41, 5.74) is 1.99. The molecule has 0 fully saturated rings. The van der Waals surface area contributed by atoms with E-state index in [1.165, 1.54) is 0 Å². The molecule has 96 valence electrons. The minimum atomic E-state index is -0.516. The van der Waals surface area contributed by atoms with Crippen molar-refractivity contribution in [1.29, 1.82) is 0 Å². The molecule has 2 aromatic carbocycles. The Kier molecular flexibility index (Phi) is 4.65. The summed E-state index contributed by atoms with van der Waals surface area (Å²) in [5.74, 6) is 0. The highest BCUT2D eigenvalue weighted by molar-refractivity contribution is 6.75. The number of rotatable bonds is 3. The van der Waals surface area contributed by atoms with E-state index >= 15 is 0 Å². The van der Waals surface area contributed by atoms with Gasteiger partial charge in [-0.15, -0.1) is 0 Å². The molecule has 0 saturated carbocycles. The molecule has 0 aliphatic carbocycles. The van der Waals surface area contributed by atoms with Gasteiger partial charge in [-0.3, -0.25) is 4.79 Å². The van der Waals surface area contributed by atoms with E-state index in [0.717, 1.165) is 11.1 Å². The van der Waals surface area contributed by atoms with E-state index in [2.05, 4.69) is 0 Å². The molecule has 2 rings (SSSR count). The van der Waals surface area contributed by atoms with Gasteiger partial charge in [0.1, 0.15) is 0 Å². The van der Waals surface area contributed by atoms with Crippen LogP contribution in [0.2, 0.25) is 10.0 Å². The first-order valence-electron chi connectivity index (χ1n) is 5.49. The van der Waals surface area contributed by atoms with Gasteiger partial charge in [0.25, 0.3) is 5.24 Å². The largest absolute Gasteiger partial charge is 0.276 e. The van der Waals surface area contributed by atoms with Crippen LogP contribution in [-0.2, 0) is 4.79 Å². The van der Waals surface area contributed by atoms with E-state index in [1.807, 2.05) is 12.1 Å². The lowest BCUT2D eigenvalue weighted by molar-refractivity contribution is -0.106. The minimum absolute atomic E-state index is 0.417. The van der Waals surface area contributed by atoms with E-state index in [4.69, 9.17) is 34.8 Å². The normalized spacial score (nSPS) is 11.4. The Morgan fingerprint density at radius 3 is 1.79 bits per heavy atom. The predicted molar refractivity (Wildman–Crippen MR) is 81.6 cm³/mol. The van der Waals surface area contributed by atoms with Crippen LogP contribution in [0.25, 0.3) is 11.6 Å². The van der Waals surface area contributed by atoms with Gasteiger partial charge in [-0.05, 0) is 53.1 Å². The SMILES string of the molecule is O=C(Cl)C(=Cc1ccc(Cl)cc1)c1ccc(Cl)cc1. The van der Waals surface area contributed by atoms with Gasteiger partial charge in [0.2, 0.25) is 0 Å². The van der Waals surface area contributed by atoms with Crippen LogP contribution in [0.3, 0.4) is 0 Å². The summed E-state index contributed by atoms with van der Waals surface area (Å²) in [5, 5.41) is 0.733. The third-order valence-corrected chi connectivity index (χ3v) is 3.26. The van der Waals surface area contributed by atoms with E-state index in [9.17, 15) is 4.79 Å². The van der Waals surface area contributed by atoms with Crippen molar-refractivity contribution in [1.82, 2.24) is 0 Å². The van der Waals surface area contributed by atoms with Crippen LogP contribution in [0.15, 0.2) is 48.5 Å². The van der Waals surface area contributed by atoms with Gasteiger partial charge in [-0.2, -0.15) is 0 Å². The van der Waals surface area contributed by atoms with Crippen LogP contribution in [-0.4, -0.2) is 5.24 Å². The van der Waals surface area contributed by atoms with Crippen molar-refractivity contribution < 1.29 is 4.79 Å². The predicted octanol–water partition coefficient (Wildman–Crippen LogP) is 5.30. The van der Waals surface area contributed by atoms with Gasteiger partial charge >= 0.3 is 0 Å². The summed E-state index contributed by atoms with van der Waals surface area (Å²) in [6, 6.07) is 14.1. The van der Waals surface area contributed by atoms with Gasteiger partial charge in [0.05, 0.1) is 0 Å². The highest BCUT2D eigenvalue weighted by Crippen LogP contribution is 2.23. The van der Waals surface area contributed by atoms with Crippen molar-refractivity contribution in [2.75, 3.05) is 0 Å². The monoisotopic (exact) mass is 310 g/mol. The van der Waals surface area contributed by atoms with Crippen molar-refractivity contribution in [3.63, 3.8) is 0 Å². The smallest absolute Gasteiger partial charge is 0.253 e. The van der Waals surface area contributed by atoms with Crippen molar-refractivity contribution in [2.24, 2.45) is 0 Å². The van der Waals surface area contributed by atoms with Gasteiger partial charge < -0.3 is 0 Å². The molecule has 0 bridgehead atoms. The van der Waals surface area contributed by atoms with E-state index in [-0.39, 0.29) is 0 Å². The number of allylic oxidation sites excluding steroid dienone is 1. The molecule has 0 aliphatic heterocycles. The van der Waals surface area contributed by atoms with Crippen molar-refractivity contribution >= 4 is 51.7 Å². The molecule has 0 unspecified atom stereocenters. The number of halogens is 3. The number of carbonyl (C=O) groups is 1. The second kappa shape index (κ2) is 6.25. The zero-order valence-electron chi connectivity index (χ0n) is 9.74. The van der Waals surface area contributed by atoms with Crippen LogP contribution in [0.4, 0.5) is 0 Å². The van der Waals surface area contributed by atoms with Gasteiger partial charge in [0.15, 0.2) is 0 Å². The maximum absolute atomic E-state index is 11.5. The fourth-order valence-corrected chi connectivity index (χ4v) is 2.02. The number of benzene rings is 2. The maximum atomic E-state index is 11.5. The highest BCUT2D eigenvalue weighted by Gasteiger charge is 2.09. The Labute approximate surface area is 126 Å². The fraction of sp³-hybridized carbons (Fsp3) is 0. The zero-order valence-corrected chi connectivity index (χ0v) is 12.0. The third-order valence-electron chi connectivity index (χ3n) is 2.55. The molecule has 0 aliphatic rings. The maximum Gasteiger partial charge on any atom is 0.253 e. The first kappa shape index (κ1) is 14.1. The molecule has 0 spiro atoms. The first-order chi connectivity index (χ1) is 9.06. The number of hydrogen-bond donors (Lipinski definition) is 0. The molecular weight excluding hydrogens is 303 g/mol. The second-order valence-corrected chi connectivity index (χ2v) is 5.11. The van der Waals surface area contributed by atoms with Crippen LogP contribution < -0.4 is 0 Å². The minimum Gasteiger partial charge on any atom is -0.276 e.